The second-order valence-corrected chi connectivity index (χ2v) is 6.87. The lowest BCUT2D eigenvalue weighted by molar-refractivity contribution is 0.151. The van der Waals surface area contributed by atoms with Crippen molar-refractivity contribution in [3.63, 3.8) is 0 Å². The van der Waals surface area contributed by atoms with E-state index in [9.17, 15) is 14.7 Å². The number of hydrogen-bond acceptors (Lipinski definition) is 7. The highest BCUT2D eigenvalue weighted by Crippen LogP contribution is 2.27. The number of anilines is 1. The number of aliphatic hydroxyl groups excluding tert-OH is 1. The van der Waals surface area contributed by atoms with Crippen LogP contribution in [0.4, 0.5) is 5.69 Å². The van der Waals surface area contributed by atoms with E-state index in [0.717, 1.165) is 30.8 Å². The molecule has 3 rings (SSSR count). The summed E-state index contributed by atoms with van der Waals surface area (Å²) in [4.78, 5) is 34.6. The Morgan fingerprint density at radius 2 is 2.04 bits per heavy atom. The second-order valence-electron chi connectivity index (χ2n) is 6.87. The van der Waals surface area contributed by atoms with Crippen LogP contribution in [0.5, 0.6) is 0 Å². The summed E-state index contributed by atoms with van der Waals surface area (Å²) in [5.41, 5.74) is 2.04. The van der Waals surface area contributed by atoms with Crippen LogP contribution in [0, 0.1) is 6.92 Å². The van der Waals surface area contributed by atoms with Crippen LogP contribution in [-0.2, 0) is 6.54 Å². The van der Waals surface area contributed by atoms with Gasteiger partial charge in [-0.25, -0.2) is 9.78 Å². The molecule has 1 aromatic carbocycles. The van der Waals surface area contributed by atoms with E-state index in [1.807, 2.05) is 33.0 Å². The number of aryl methyl sites for hydroxylation is 1. The van der Waals surface area contributed by atoms with E-state index in [0.29, 0.717) is 17.5 Å². The number of aliphatic hydroxyl groups is 1. The zero-order chi connectivity index (χ0) is 20.3. The lowest BCUT2D eigenvalue weighted by atomic mass is 10.1. The minimum atomic E-state index is -0.726. The van der Waals surface area contributed by atoms with E-state index in [1.54, 1.807) is 4.57 Å². The zero-order valence-corrected chi connectivity index (χ0v) is 16.4. The summed E-state index contributed by atoms with van der Waals surface area (Å²) in [6.45, 7) is 5.77. The van der Waals surface area contributed by atoms with Crippen LogP contribution in [0.2, 0.25) is 0 Å². The molecule has 2 heterocycles. The normalized spacial score (nSPS) is 12.6. The first-order valence-corrected chi connectivity index (χ1v) is 9.46. The Bertz CT molecular complexity index is 1060. The quantitative estimate of drug-likeness (QED) is 0.331. The average Bonchev–Trinajstić information content (AvgIpc) is 2.66. The SMILES string of the molecule is CCC(O)Cn1c2nc(=O)[nH]c(=O)c-2nc2cc(C)c(NCCCNC)cc21. The van der Waals surface area contributed by atoms with E-state index in [1.165, 1.54) is 0 Å². The molecule has 0 radical (unpaired) electrons. The number of rotatable bonds is 8. The Morgan fingerprint density at radius 3 is 2.75 bits per heavy atom. The highest BCUT2D eigenvalue weighted by atomic mass is 16.3. The van der Waals surface area contributed by atoms with Gasteiger partial charge in [0.05, 0.1) is 23.7 Å². The molecule has 0 aromatic heterocycles. The molecule has 28 heavy (non-hydrogen) atoms. The number of hydrogen-bond donors (Lipinski definition) is 4. The van der Waals surface area contributed by atoms with Gasteiger partial charge in [-0.05, 0) is 51.1 Å². The summed E-state index contributed by atoms with van der Waals surface area (Å²) in [6, 6.07) is 3.83. The highest BCUT2D eigenvalue weighted by molar-refractivity contribution is 5.84. The Hall–Kier alpha value is -2.78. The Labute approximate surface area is 162 Å². The fourth-order valence-corrected chi connectivity index (χ4v) is 3.15. The number of benzene rings is 1. The molecular weight excluding hydrogens is 360 g/mol. The predicted octanol–water partition coefficient (Wildman–Crippen LogP) is 0.685. The molecule has 0 aliphatic carbocycles. The van der Waals surface area contributed by atoms with Crippen LogP contribution in [0.15, 0.2) is 21.7 Å². The standard InChI is InChI=1S/C19H26N6O3/c1-4-12(26)10-25-15-9-13(21-7-5-6-20-3)11(2)8-14(15)22-16-17(25)23-19(28)24-18(16)27/h8-9,12,20-21,26H,4-7,10H2,1-3H3,(H,24,27,28). The van der Waals surface area contributed by atoms with Gasteiger partial charge in [0, 0.05) is 12.2 Å². The molecule has 4 N–H and O–H groups in total. The topological polar surface area (TPSA) is 125 Å². The molecule has 0 saturated carbocycles. The fraction of sp³-hybridized carbons (Fsp3) is 0.474. The summed E-state index contributed by atoms with van der Waals surface area (Å²) >= 11 is 0. The van der Waals surface area contributed by atoms with E-state index in [4.69, 9.17) is 0 Å². The van der Waals surface area contributed by atoms with E-state index >= 15 is 0 Å². The first-order valence-electron chi connectivity index (χ1n) is 9.46. The van der Waals surface area contributed by atoms with Crippen LogP contribution in [0.1, 0.15) is 25.3 Å². The predicted molar refractivity (Wildman–Crippen MR) is 109 cm³/mol. The van der Waals surface area contributed by atoms with Crippen LogP contribution >= 0.6 is 0 Å². The molecule has 1 atom stereocenters. The number of nitrogens with one attached hydrogen (secondary N) is 3. The van der Waals surface area contributed by atoms with Crippen molar-refractivity contribution in [2.24, 2.45) is 0 Å². The Morgan fingerprint density at radius 1 is 1.25 bits per heavy atom. The third-order valence-electron chi connectivity index (χ3n) is 4.74. The van der Waals surface area contributed by atoms with Crippen LogP contribution in [0.25, 0.3) is 22.6 Å². The largest absolute Gasteiger partial charge is 0.391 e. The summed E-state index contributed by atoms with van der Waals surface area (Å²) in [5, 5.41) is 16.8. The second kappa shape index (κ2) is 8.49. The van der Waals surface area contributed by atoms with E-state index in [-0.39, 0.29) is 18.1 Å². The van der Waals surface area contributed by atoms with Crippen molar-refractivity contribution in [2.75, 3.05) is 25.5 Å². The minimum absolute atomic E-state index is 0.0875. The maximum absolute atomic E-state index is 12.3. The van der Waals surface area contributed by atoms with Crippen molar-refractivity contribution in [3.8, 4) is 11.5 Å². The van der Waals surface area contributed by atoms with Gasteiger partial charge in [-0.2, -0.15) is 4.98 Å². The van der Waals surface area contributed by atoms with Crippen molar-refractivity contribution in [2.45, 2.75) is 39.3 Å². The third-order valence-corrected chi connectivity index (χ3v) is 4.74. The molecule has 0 bridgehead atoms. The smallest absolute Gasteiger partial charge is 0.349 e. The lowest BCUT2D eigenvalue weighted by Gasteiger charge is -2.20. The van der Waals surface area contributed by atoms with Crippen molar-refractivity contribution >= 4 is 16.7 Å². The van der Waals surface area contributed by atoms with Gasteiger partial charge < -0.3 is 20.3 Å². The number of aromatic amines is 1. The van der Waals surface area contributed by atoms with Gasteiger partial charge in [-0.1, -0.05) is 6.92 Å². The molecule has 9 heteroatoms. The van der Waals surface area contributed by atoms with E-state index < -0.39 is 17.4 Å². The molecular formula is C19H26N6O3. The average molecular weight is 386 g/mol. The molecule has 1 aromatic rings. The monoisotopic (exact) mass is 386 g/mol. The molecule has 2 aliphatic heterocycles. The van der Waals surface area contributed by atoms with Gasteiger partial charge >= 0.3 is 5.69 Å². The van der Waals surface area contributed by atoms with Crippen molar-refractivity contribution < 1.29 is 5.11 Å². The van der Waals surface area contributed by atoms with Gasteiger partial charge in [0.15, 0.2) is 11.5 Å². The Kier molecular flexibility index (Phi) is 6.05. The molecule has 150 valence electrons. The first-order chi connectivity index (χ1) is 13.4. The highest BCUT2D eigenvalue weighted by Gasteiger charge is 2.20. The van der Waals surface area contributed by atoms with Crippen LogP contribution in [-0.4, -0.2) is 50.9 Å². The van der Waals surface area contributed by atoms with Crippen molar-refractivity contribution in [1.29, 1.82) is 0 Å². The van der Waals surface area contributed by atoms with Crippen molar-refractivity contribution in [1.82, 2.24) is 24.8 Å². The molecule has 1 unspecified atom stereocenters. The van der Waals surface area contributed by atoms with E-state index in [2.05, 4.69) is 25.6 Å². The number of H-pyrrole nitrogens is 1. The molecule has 0 spiro atoms. The number of nitrogens with zero attached hydrogens (tertiary/aromatic N) is 3. The number of fused-ring (bicyclic) bond motifs is 2. The molecule has 0 fully saturated rings. The van der Waals surface area contributed by atoms with Crippen LogP contribution < -0.4 is 21.9 Å². The molecule has 0 saturated heterocycles. The van der Waals surface area contributed by atoms with Gasteiger partial charge in [0.1, 0.15) is 0 Å². The maximum atomic E-state index is 12.3. The summed E-state index contributed by atoms with van der Waals surface area (Å²) in [5.74, 6) is 0.179. The number of aromatic nitrogens is 4. The summed E-state index contributed by atoms with van der Waals surface area (Å²) in [7, 11) is 1.92. The Balaban J connectivity index is 2.20. The van der Waals surface area contributed by atoms with Gasteiger partial charge in [-0.3, -0.25) is 9.78 Å². The first kappa shape index (κ1) is 20.0. The molecule has 2 aliphatic rings. The lowest BCUT2D eigenvalue weighted by Crippen LogP contribution is -2.30. The molecule has 9 nitrogen and oxygen atoms in total. The third kappa shape index (κ3) is 4.05. The molecule has 0 amide bonds. The zero-order valence-electron chi connectivity index (χ0n) is 16.4. The van der Waals surface area contributed by atoms with Crippen molar-refractivity contribution in [3.05, 3.63) is 38.5 Å². The minimum Gasteiger partial charge on any atom is -0.391 e. The fourth-order valence-electron chi connectivity index (χ4n) is 3.15. The van der Waals surface area contributed by atoms with Gasteiger partial charge in [-0.15, -0.1) is 0 Å². The summed E-state index contributed by atoms with van der Waals surface area (Å²) < 4.78 is 1.71. The van der Waals surface area contributed by atoms with Gasteiger partial charge in [0.2, 0.25) is 0 Å². The summed E-state index contributed by atoms with van der Waals surface area (Å²) in [6.07, 6.45) is 0.866. The maximum Gasteiger partial charge on any atom is 0.349 e. The van der Waals surface area contributed by atoms with Crippen LogP contribution in [0.3, 0.4) is 0 Å². The van der Waals surface area contributed by atoms with Gasteiger partial charge in [0.25, 0.3) is 5.56 Å².